The average Bonchev–Trinajstić information content (AvgIpc) is 2.74. The van der Waals surface area contributed by atoms with Gasteiger partial charge in [0.2, 0.25) is 0 Å². The number of hydrogen-bond acceptors (Lipinski definition) is 5. The number of aryl methyl sites for hydroxylation is 1. The van der Waals surface area contributed by atoms with E-state index in [0.29, 0.717) is 5.69 Å². The summed E-state index contributed by atoms with van der Waals surface area (Å²) in [6.07, 6.45) is 5.21. The molecule has 0 fully saturated rings. The Bertz CT molecular complexity index is 551. The fraction of sp³-hybridized carbons (Fsp3) is 0.100. The molecule has 17 heavy (non-hydrogen) atoms. The lowest BCUT2D eigenvalue weighted by Gasteiger charge is -2.03. The molecule has 2 heterocycles. The van der Waals surface area contributed by atoms with Gasteiger partial charge in [0.1, 0.15) is 5.69 Å². The minimum Gasteiger partial charge on any atom is -0.409 e. The molecular weight excluding hydrogens is 238 g/mol. The van der Waals surface area contributed by atoms with Gasteiger partial charge in [-0.3, -0.25) is 4.98 Å². The summed E-state index contributed by atoms with van der Waals surface area (Å²) in [4.78, 5) is 9.13. The topological polar surface area (TPSA) is 89.3 Å². The maximum Gasteiger partial charge on any atom is 0.188 e. The quantitative estimate of drug-likeness (QED) is 0.367. The molecule has 0 amide bonds. The molecule has 6 nitrogen and oxygen atoms in total. The SMILES string of the molecule is Cn1ccnc1Sc1ccnc(/C(N)=N/O)c1. The van der Waals surface area contributed by atoms with Gasteiger partial charge in [-0.15, -0.1) is 0 Å². The molecule has 2 rings (SSSR count). The Labute approximate surface area is 102 Å². The van der Waals surface area contributed by atoms with Gasteiger partial charge in [-0.2, -0.15) is 0 Å². The van der Waals surface area contributed by atoms with Crippen LogP contribution in [-0.2, 0) is 7.05 Å². The third kappa shape index (κ3) is 2.56. The molecule has 0 bridgehead atoms. The first-order valence-electron chi connectivity index (χ1n) is 4.80. The normalized spacial score (nSPS) is 11.7. The van der Waals surface area contributed by atoms with E-state index >= 15 is 0 Å². The number of aromatic nitrogens is 3. The van der Waals surface area contributed by atoms with E-state index in [1.54, 1.807) is 18.5 Å². The van der Waals surface area contributed by atoms with Crippen molar-refractivity contribution < 1.29 is 5.21 Å². The Morgan fingerprint density at radius 3 is 2.94 bits per heavy atom. The number of oxime groups is 1. The number of imidazole rings is 1. The van der Waals surface area contributed by atoms with Gasteiger partial charge in [0.25, 0.3) is 0 Å². The molecule has 7 heteroatoms. The first-order chi connectivity index (χ1) is 8.20. The van der Waals surface area contributed by atoms with Crippen LogP contribution in [0.1, 0.15) is 5.69 Å². The Morgan fingerprint density at radius 2 is 2.29 bits per heavy atom. The van der Waals surface area contributed by atoms with Gasteiger partial charge >= 0.3 is 0 Å². The monoisotopic (exact) mass is 249 g/mol. The zero-order valence-electron chi connectivity index (χ0n) is 9.11. The first kappa shape index (κ1) is 11.5. The molecule has 0 radical (unpaired) electrons. The average molecular weight is 249 g/mol. The van der Waals surface area contributed by atoms with E-state index in [1.807, 2.05) is 23.9 Å². The second kappa shape index (κ2) is 4.88. The number of pyridine rings is 1. The first-order valence-corrected chi connectivity index (χ1v) is 5.61. The number of hydrogen-bond donors (Lipinski definition) is 2. The zero-order valence-corrected chi connectivity index (χ0v) is 9.92. The second-order valence-electron chi connectivity index (χ2n) is 3.28. The molecule has 0 aliphatic heterocycles. The third-order valence-electron chi connectivity index (χ3n) is 2.09. The van der Waals surface area contributed by atoms with Crippen LogP contribution in [0.3, 0.4) is 0 Å². The summed E-state index contributed by atoms with van der Waals surface area (Å²) >= 11 is 1.48. The van der Waals surface area contributed by atoms with E-state index in [2.05, 4.69) is 15.1 Å². The Balaban J connectivity index is 2.26. The summed E-state index contributed by atoms with van der Waals surface area (Å²) in [5.74, 6) is -0.00714. The minimum atomic E-state index is -0.00714. The molecular formula is C10H11N5OS. The van der Waals surface area contributed by atoms with Crippen LogP contribution in [0.25, 0.3) is 0 Å². The van der Waals surface area contributed by atoms with E-state index < -0.39 is 0 Å². The van der Waals surface area contributed by atoms with Crippen LogP contribution in [0, 0.1) is 0 Å². The predicted octanol–water partition coefficient (Wildman–Crippen LogP) is 1.06. The maximum atomic E-state index is 8.58. The van der Waals surface area contributed by atoms with Gasteiger partial charge in [0.15, 0.2) is 11.0 Å². The van der Waals surface area contributed by atoms with Crippen LogP contribution in [-0.4, -0.2) is 25.6 Å². The van der Waals surface area contributed by atoms with Crippen LogP contribution in [0.5, 0.6) is 0 Å². The van der Waals surface area contributed by atoms with E-state index in [-0.39, 0.29) is 5.84 Å². The molecule has 0 saturated carbocycles. The molecule has 3 N–H and O–H groups in total. The van der Waals surface area contributed by atoms with Crippen LogP contribution < -0.4 is 5.73 Å². The van der Waals surface area contributed by atoms with E-state index in [0.717, 1.165) is 10.1 Å². The summed E-state index contributed by atoms with van der Waals surface area (Å²) < 4.78 is 1.91. The highest BCUT2D eigenvalue weighted by atomic mass is 32.2. The van der Waals surface area contributed by atoms with Crippen molar-refractivity contribution in [2.45, 2.75) is 10.1 Å². The molecule has 0 atom stereocenters. The molecule has 88 valence electrons. The molecule has 0 saturated heterocycles. The summed E-state index contributed by atoms with van der Waals surface area (Å²) in [6.45, 7) is 0. The molecule has 0 aromatic carbocycles. The van der Waals surface area contributed by atoms with Crippen molar-refractivity contribution in [2.75, 3.05) is 0 Å². The van der Waals surface area contributed by atoms with Crippen molar-refractivity contribution in [1.29, 1.82) is 0 Å². The number of amidine groups is 1. The van der Waals surface area contributed by atoms with Gasteiger partial charge in [-0.05, 0) is 12.1 Å². The fourth-order valence-electron chi connectivity index (χ4n) is 1.22. The summed E-state index contributed by atoms with van der Waals surface area (Å²) in [6, 6.07) is 3.59. The number of nitrogens with two attached hydrogens (primary N) is 1. The van der Waals surface area contributed by atoms with Gasteiger partial charge in [-0.1, -0.05) is 16.9 Å². The highest BCUT2D eigenvalue weighted by Gasteiger charge is 2.06. The summed E-state index contributed by atoms with van der Waals surface area (Å²) in [5, 5.41) is 12.4. The van der Waals surface area contributed by atoms with Gasteiger partial charge in [-0.25, -0.2) is 4.98 Å². The highest BCUT2D eigenvalue weighted by Crippen LogP contribution is 2.25. The van der Waals surface area contributed by atoms with Crippen molar-refractivity contribution in [2.24, 2.45) is 17.9 Å². The van der Waals surface area contributed by atoms with Gasteiger partial charge in [0.05, 0.1) is 0 Å². The standard InChI is InChI=1S/C10H11N5OS/c1-15-5-4-13-10(15)17-7-2-3-12-8(6-7)9(11)14-16/h2-6,16H,1H3,(H2,11,14). The minimum absolute atomic E-state index is 0.00714. The van der Waals surface area contributed by atoms with Crippen LogP contribution in [0.2, 0.25) is 0 Å². The Kier molecular flexibility index (Phi) is 3.29. The molecule has 0 unspecified atom stereocenters. The van der Waals surface area contributed by atoms with Crippen molar-refractivity contribution >= 4 is 17.6 Å². The van der Waals surface area contributed by atoms with Crippen molar-refractivity contribution in [3.8, 4) is 0 Å². The van der Waals surface area contributed by atoms with E-state index in [1.165, 1.54) is 11.8 Å². The lowest BCUT2D eigenvalue weighted by atomic mass is 10.3. The smallest absolute Gasteiger partial charge is 0.188 e. The number of rotatable bonds is 3. The van der Waals surface area contributed by atoms with Crippen molar-refractivity contribution in [3.63, 3.8) is 0 Å². The van der Waals surface area contributed by atoms with Crippen LogP contribution in [0.4, 0.5) is 0 Å². The van der Waals surface area contributed by atoms with Crippen LogP contribution in [0.15, 0.2) is 45.9 Å². The van der Waals surface area contributed by atoms with Crippen LogP contribution >= 0.6 is 11.8 Å². The summed E-state index contributed by atoms with van der Waals surface area (Å²) in [5.41, 5.74) is 5.91. The molecule has 0 aliphatic carbocycles. The highest BCUT2D eigenvalue weighted by molar-refractivity contribution is 7.99. The molecule has 2 aromatic heterocycles. The lowest BCUT2D eigenvalue weighted by molar-refractivity contribution is 0.318. The lowest BCUT2D eigenvalue weighted by Crippen LogP contribution is -2.14. The number of nitrogens with zero attached hydrogens (tertiary/aromatic N) is 4. The molecule has 2 aromatic rings. The Hall–Kier alpha value is -2.02. The third-order valence-corrected chi connectivity index (χ3v) is 3.15. The second-order valence-corrected chi connectivity index (χ2v) is 4.33. The van der Waals surface area contributed by atoms with Crippen molar-refractivity contribution in [3.05, 3.63) is 36.4 Å². The maximum absolute atomic E-state index is 8.58. The predicted molar refractivity (Wildman–Crippen MR) is 64.1 cm³/mol. The Morgan fingerprint density at radius 1 is 1.47 bits per heavy atom. The zero-order chi connectivity index (χ0) is 12.3. The van der Waals surface area contributed by atoms with Gasteiger partial charge < -0.3 is 15.5 Å². The summed E-state index contributed by atoms with van der Waals surface area (Å²) in [7, 11) is 1.92. The fourth-order valence-corrected chi connectivity index (χ4v) is 2.05. The molecule has 0 aliphatic rings. The van der Waals surface area contributed by atoms with E-state index in [4.69, 9.17) is 10.9 Å². The van der Waals surface area contributed by atoms with E-state index in [9.17, 15) is 0 Å². The van der Waals surface area contributed by atoms with Gasteiger partial charge in [0, 0.05) is 30.5 Å². The molecule has 0 spiro atoms. The van der Waals surface area contributed by atoms with Crippen molar-refractivity contribution in [1.82, 2.24) is 14.5 Å². The largest absolute Gasteiger partial charge is 0.409 e.